The molecular weight excluding hydrogens is 406 g/mol. The molecule has 0 spiro atoms. The van der Waals surface area contributed by atoms with Crippen LogP contribution in [-0.2, 0) is 0 Å². The fourth-order valence-electron chi connectivity index (χ4n) is 3.73. The van der Waals surface area contributed by atoms with E-state index in [1.54, 1.807) is 30.3 Å². The van der Waals surface area contributed by atoms with Crippen LogP contribution in [0.1, 0.15) is 25.7 Å². The van der Waals surface area contributed by atoms with Gasteiger partial charge in [-0.1, -0.05) is 36.6 Å². The number of carbonyl (C=O) groups is 1. The molecule has 8 heteroatoms. The smallest absolute Gasteiger partial charge is 0.362 e. The van der Waals surface area contributed by atoms with Crippen LogP contribution in [0.15, 0.2) is 51.7 Å². The van der Waals surface area contributed by atoms with Crippen molar-refractivity contribution in [3.8, 4) is 5.75 Å². The molecule has 4 rings (SSSR count). The van der Waals surface area contributed by atoms with Crippen LogP contribution in [0.4, 0.5) is 21.9 Å². The first-order chi connectivity index (χ1) is 14.5. The number of benzene rings is 2. The van der Waals surface area contributed by atoms with Crippen LogP contribution in [0.25, 0.3) is 11.0 Å². The van der Waals surface area contributed by atoms with Crippen molar-refractivity contribution in [3.05, 3.63) is 57.9 Å². The number of carbonyl (C=O) groups excluding carboxylic acids is 1. The van der Waals surface area contributed by atoms with Gasteiger partial charge in [0.15, 0.2) is 5.69 Å². The van der Waals surface area contributed by atoms with Gasteiger partial charge in [-0.25, -0.2) is 9.59 Å². The summed E-state index contributed by atoms with van der Waals surface area (Å²) in [5.41, 5.74) is 0.868. The number of amides is 2. The molecular formula is C22H22ClN3O4. The van der Waals surface area contributed by atoms with E-state index >= 15 is 0 Å². The minimum Gasteiger partial charge on any atom is -0.495 e. The summed E-state index contributed by atoms with van der Waals surface area (Å²) < 4.78 is 10.7. The fraction of sp³-hybridized carbons (Fsp3) is 0.273. The summed E-state index contributed by atoms with van der Waals surface area (Å²) in [5, 5.41) is 9.95. The van der Waals surface area contributed by atoms with Crippen LogP contribution >= 0.6 is 11.6 Å². The van der Waals surface area contributed by atoms with Gasteiger partial charge in [0.2, 0.25) is 0 Å². The van der Waals surface area contributed by atoms with Gasteiger partial charge >= 0.3 is 11.7 Å². The van der Waals surface area contributed by atoms with Gasteiger partial charge in [-0.2, -0.15) is 0 Å². The van der Waals surface area contributed by atoms with Crippen molar-refractivity contribution in [1.82, 2.24) is 0 Å². The highest BCUT2D eigenvalue weighted by molar-refractivity contribution is 6.31. The lowest BCUT2D eigenvalue weighted by atomic mass is 10.1. The second kappa shape index (κ2) is 8.67. The zero-order valence-corrected chi connectivity index (χ0v) is 17.2. The van der Waals surface area contributed by atoms with E-state index in [1.165, 1.54) is 7.11 Å². The van der Waals surface area contributed by atoms with E-state index in [1.807, 2.05) is 12.1 Å². The quantitative estimate of drug-likeness (QED) is 0.470. The Labute approximate surface area is 178 Å². The Hall–Kier alpha value is -3.19. The highest BCUT2D eigenvalue weighted by Crippen LogP contribution is 2.33. The fourth-order valence-corrected chi connectivity index (χ4v) is 3.90. The van der Waals surface area contributed by atoms with E-state index in [9.17, 15) is 9.59 Å². The van der Waals surface area contributed by atoms with E-state index in [0.29, 0.717) is 27.7 Å². The lowest BCUT2D eigenvalue weighted by Crippen LogP contribution is -2.26. The van der Waals surface area contributed by atoms with Crippen molar-refractivity contribution in [3.63, 3.8) is 0 Å². The van der Waals surface area contributed by atoms with Gasteiger partial charge in [0, 0.05) is 16.5 Å². The molecule has 1 aromatic heterocycles. The number of hydrogen-bond donors (Lipinski definition) is 3. The monoisotopic (exact) mass is 427 g/mol. The highest BCUT2D eigenvalue weighted by Gasteiger charge is 2.22. The molecule has 3 aromatic rings. The Morgan fingerprint density at radius 1 is 1.10 bits per heavy atom. The molecule has 0 aliphatic heterocycles. The van der Waals surface area contributed by atoms with E-state index in [2.05, 4.69) is 16.0 Å². The van der Waals surface area contributed by atoms with Crippen LogP contribution in [0, 0.1) is 0 Å². The number of halogens is 1. The molecule has 1 aliphatic rings. The molecule has 2 amide bonds. The number of nitrogens with one attached hydrogen (secondary N) is 3. The van der Waals surface area contributed by atoms with Gasteiger partial charge in [-0.05, 0) is 43.2 Å². The molecule has 1 saturated carbocycles. The first-order valence-electron chi connectivity index (χ1n) is 9.79. The molecule has 0 unspecified atom stereocenters. The average Bonchev–Trinajstić information content (AvgIpc) is 3.24. The lowest BCUT2D eigenvalue weighted by molar-refractivity contribution is 0.262. The van der Waals surface area contributed by atoms with E-state index in [-0.39, 0.29) is 11.7 Å². The number of anilines is 3. The standard InChI is InChI=1S/C22H22ClN3O4/c1-29-18-11-10-13(23)12-16(18)25-22(28)26-20-19(24-14-6-2-3-7-14)15-8-4-5-9-17(15)30-21(20)27/h4-5,8-12,14,24H,2-3,6-7H2,1H3,(H2,25,26,28). The maximum Gasteiger partial charge on any atom is 0.362 e. The van der Waals surface area contributed by atoms with Gasteiger partial charge in [-0.3, -0.25) is 5.32 Å². The number of rotatable bonds is 5. The van der Waals surface area contributed by atoms with Gasteiger partial charge in [0.05, 0.1) is 18.5 Å². The van der Waals surface area contributed by atoms with Crippen molar-refractivity contribution < 1.29 is 13.9 Å². The molecule has 1 aliphatic carbocycles. The minimum absolute atomic E-state index is 0.0686. The summed E-state index contributed by atoms with van der Waals surface area (Å²) in [4.78, 5) is 25.4. The van der Waals surface area contributed by atoms with Crippen molar-refractivity contribution in [2.45, 2.75) is 31.7 Å². The van der Waals surface area contributed by atoms with Crippen molar-refractivity contribution >= 4 is 45.7 Å². The largest absolute Gasteiger partial charge is 0.495 e. The predicted octanol–water partition coefficient (Wildman–Crippen LogP) is 5.45. The predicted molar refractivity (Wildman–Crippen MR) is 119 cm³/mol. The molecule has 0 bridgehead atoms. The third-order valence-corrected chi connectivity index (χ3v) is 5.40. The normalized spacial score (nSPS) is 13.9. The second-order valence-electron chi connectivity index (χ2n) is 7.19. The Bertz CT molecular complexity index is 1140. The van der Waals surface area contributed by atoms with Crippen LogP contribution < -0.4 is 26.3 Å². The summed E-state index contributed by atoms with van der Waals surface area (Å²) in [5.74, 6) is 0.449. The topological polar surface area (TPSA) is 92.6 Å². The third kappa shape index (κ3) is 4.21. The van der Waals surface area contributed by atoms with Crippen LogP contribution in [0.2, 0.25) is 5.02 Å². The molecule has 0 saturated heterocycles. The summed E-state index contributed by atoms with van der Waals surface area (Å²) in [6, 6.07) is 11.8. The zero-order chi connectivity index (χ0) is 21.1. The Balaban J connectivity index is 1.67. The number of fused-ring (bicyclic) bond motifs is 1. The molecule has 0 atom stereocenters. The number of methoxy groups -OCH3 is 1. The van der Waals surface area contributed by atoms with Crippen LogP contribution in [0.5, 0.6) is 5.75 Å². The van der Waals surface area contributed by atoms with Crippen LogP contribution in [0.3, 0.4) is 0 Å². The minimum atomic E-state index is -0.623. The first kappa shape index (κ1) is 20.1. The van der Waals surface area contributed by atoms with Gasteiger partial charge in [0.25, 0.3) is 0 Å². The Morgan fingerprint density at radius 2 is 1.87 bits per heavy atom. The molecule has 156 valence electrons. The molecule has 7 nitrogen and oxygen atoms in total. The number of para-hydroxylation sites is 1. The first-order valence-corrected chi connectivity index (χ1v) is 10.2. The van der Waals surface area contributed by atoms with Crippen LogP contribution in [-0.4, -0.2) is 19.2 Å². The maximum atomic E-state index is 12.7. The zero-order valence-electron chi connectivity index (χ0n) is 16.5. The lowest BCUT2D eigenvalue weighted by Gasteiger charge is -2.19. The molecule has 1 fully saturated rings. The highest BCUT2D eigenvalue weighted by atomic mass is 35.5. The molecule has 2 aromatic carbocycles. The summed E-state index contributed by atoms with van der Waals surface area (Å²) >= 11 is 6.03. The SMILES string of the molecule is COc1ccc(Cl)cc1NC(=O)Nc1c(NC2CCCC2)c2ccccc2oc1=O. The number of hydrogen-bond acceptors (Lipinski definition) is 5. The molecule has 30 heavy (non-hydrogen) atoms. The third-order valence-electron chi connectivity index (χ3n) is 5.17. The Kier molecular flexibility index (Phi) is 5.81. The molecule has 0 radical (unpaired) electrons. The van der Waals surface area contributed by atoms with Gasteiger partial charge in [-0.15, -0.1) is 0 Å². The molecule has 3 N–H and O–H groups in total. The summed E-state index contributed by atoms with van der Waals surface area (Å²) in [6.07, 6.45) is 4.30. The average molecular weight is 428 g/mol. The van der Waals surface area contributed by atoms with E-state index in [0.717, 1.165) is 31.1 Å². The van der Waals surface area contributed by atoms with Gasteiger partial charge < -0.3 is 19.8 Å². The van der Waals surface area contributed by atoms with E-state index in [4.69, 9.17) is 20.8 Å². The van der Waals surface area contributed by atoms with Gasteiger partial charge in [0.1, 0.15) is 11.3 Å². The summed E-state index contributed by atoms with van der Waals surface area (Å²) in [7, 11) is 1.49. The number of ether oxygens (including phenoxy) is 1. The number of urea groups is 1. The van der Waals surface area contributed by atoms with Crippen molar-refractivity contribution in [1.29, 1.82) is 0 Å². The molecule has 1 heterocycles. The second-order valence-corrected chi connectivity index (χ2v) is 7.62. The van der Waals surface area contributed by atoms with Crippen molar-refractivity contribution in [2.24, 2.45) is 0 Å². The van der Waals surface area contributed by atoms with E-state index < -0.39 is 11.7 Å². The summed E-state index contributed by atoms with van der Waals surface area (Å²) in [6.45, 7) is 0. The van der Waals surface area contributed by atoms with Crippen molar-refractivity contribution in [2.75, 3.05) is 23.1 Å². The maximum absolute atomic E-state index is 12.7. The Morgan fingerprint density at radius 3 is 2.63 bits per heavy atom.